The smallest absolute Gasteiger partial charge is 0.261 e. The highest BCUT2D eigenvalue weighted by Gasteiger charge is 2.07. The van der Waals surface area contributed by atoms with Crippen LogP contribution in [-0.2, 0) is 37.5 Å². The maximum Gasteiger partial charge on any atom is 0.261 e. The topological polar surface area (TPSA) is 110 Å². The molecule has 1 N–H and O–H groups in total. The van der Waals surface area contributed by atoms with E-state index in [0.717, 1.165) is 18.6 Å². The molecule has 1 rings (SSSR count). The van der Waals surface area contributed by atoms with Crippen LogP contribution in [0.1, 0.15) is 26.3 Å². The quantitative estimate of drug-likeness (QED) is 0.246. The molecule has 0 atom stereocenters. The minimum atomic E-state index is -3.55. The lowest BCUT2D eigenvalue weighted by atomic mass is 10.2. The second-order valence-electron chi connectivity index (χ2n) is 5.93. The van der Waals surface area contributed by atoms with Crippen LogP contribution in [0, 0.1) is 6.92 Å². The first kappa shape index (κ1) is 35.8. The van der Waals surface area contributed by atoms with Crippen LogP contribution in [0.3, 0.4) is 0 Å². The number of ether oxygens (including phenoxy) is 6. The van der Waals surface area contributed by atoms with Crippen LogP contribution in [-0.4, -0.2) is 87.6 Å². The third-order valence-corrected chi connectivity index (χ3v) is 4.82. The molecule has 11 heteroatoms. The highest BCUT2D eigenvalue weighted by molar-refractivity contribution is 8.13. The molecule has 0 aliphatic heterocycles. The van der Waals surface area contributed by atoms with Crippen molar-refractivity contribution in [3.8, 4) is 0 Å². The van der Waals surface area contributed by atoms with Crippen LogP contribution in [0.25, 0.3) is 0 Å². The summed E-state index contributed by atoms with van der Waals surface area (Å²) in [6, 6.07) is 6.37. The van der Waals surface area contributed by atoms with E-state index < -0.39 is 9.05 Å². The number of hydrogen-bond donors (Lipinski definition) is 1. The van der Waals surface area contributed by atoms with Crippen LogP contribution in [0.4, 0.5) is 0 Å². The molecule has 9 nitrogen and oxygen atoms in total. The highest BCUT2D eigenvalue weighted by atomic mass is 35.7. The van der Waals surface area contributed by atoms with Gasteiger partial charge in [0.2, 0.25) is 0 Å². The molecule has 0 unspecified atom stereocenters. The van der Waals surface area contributed by atoms with E-state index in [2.05, 4.69) is 6.92 Å². The van der Waals surface area contributed by atoms with Gasteiger partial charge in [0.05, 0.1) is 31.3 Å². The van der Waals surface area contributed by atoms with Gasteiger partial charge in [-0.1, -0.05) is 32.0 Å². The third-order valence-electron chi connectivity index (χ3n) is 3.45. The van der Waals surface area contributed by atoms with Crippen LogP contribution >= 0.6 is 10.7 Å². The van der Waals surface area contributed by atoms with Gasteiger partial charge in [-0.05, 0) is 25.5 Å². The summed E-state index contributed by atoms with van der Waals surface area (Å²) >= 11 is 0. The van der Waals surface area contributed by atoms with E-state index >= 15 is 0 Å². The Kier molecular flexibility index (Phi) is 26.1. The first-order valence-corrected chi connectivity index (χ1v) is 11.9. The fraction of sp³-hybridized carbons (Fsp3) is 0.714. The Morgan fingerprint density at radius 2 is 1.28 bits per heavy atom. The van der Waals surface area contributed by atoms with Gasteiger partial charge in [0.1, 0.15) is 0 Å². The molecular weight excluding hydrogens is 464 g/mol. The summed E-state index contributed by atoms with van der Waals surface area (Å²) in [6.07, 6.45) is 0.484. The van der Waals surface area contributed by atoms with Crippen molar-refractivity contribution in [1.82, 2.24) is 0 Å². The van der Waals surface area contributed by atoms with Gasteiger partial charge in [0, 0.05) is 45.7 Å². The number of aliphatic hydroxyl groups is 1. The summed E-state index contributed by atoms with van der Waals surface area (Å²) in [5.41, 5.74) is 1.01. The molecule has 1 aromatic carbocycles. The summed E-state index contributed by atoms with van der Waals surface area (Å²) in [6.45, 7) is 5.93. The van der Waals surface area contributed by atoms with Crippen LogP contribution in [0.2, 0.25) is 0 Å². The number of aliphatic hydroxyl groups excluding tert-OH is 1. The Morgan fingerprint density at radius 1 is 0.875 bits per heavy atom. The number of rotatable bonds is 13. The molecule has 0 saturated heterocycles. The molecule has 0 bridgehead atoms. The molecule has 0 heterocycles. The van der Waals surface area contributed by atoms with Crippen LogP contribution < -0.4 is 0 Å². The van der Waals surface area contributed by atoms with Crippen molar-refractivity contribution in [2.45, 2.75) is 45.2 Å². The van der Waals surface area contributed by atoms with Gasteiger partial charge < -0.3 is 33.5 Å². The van der Waals surface area contributed by atoms with Gasteiger partial charge in [0.15, 0.2) is 12.6 Å². The van der Waals surface area contributed by atoms with Crippen molar-refractivity contribution >= 4 is 19.7 Å². The zero-order valence-electron chi connectivity index (χ0n) is 19.2. The molecule has 0 aliphatic carbocycles. The zero-order chi connectivity index (χ0) is 24.1. The molecule has 0 saturated carbocycles. The third kappa shape index (κ3) is 21.0. The van der Waals surface area contributed by atoms with Gasteiger partial charge in [-0.25, -0.2) is 8.42 Å². The number of benzene rings is 1. The molecule has 0 aliphatic rings. The lowest BCUT2D eigenvalue weighted by Crippen LogP contribution is -2.21. The average Bonchev–Trinajstić information content (AvgIpc) is 2.75. The maximum atomic E-state index is 10.7. The SMILES string of the molecule is C.CCCOCC(OC)OC.COC(COCCO)OC.Cc1ccc(S(=O)(=O)Cl)cc1. The summed E-state index contributed by atoms with van der Waals surface area (Å²) in [4.78, 5) is 0.143. The molecule has 192 valence electrons. The standard InChI is InChI=1S/C7H7ClO2S.C7H16O3.C6H14O4.CH4/c1-6-2-4-7(5-3-6)11(8,9)10;1-4-5-10-6-7(8-2)9-3;1-8-6(9-2)5-10-4-3-7;/h2-5H,1H3;7H,4-6H2,1-3H3;6-7H,3-5H2,1-2H3;1H4. The van der Waals surface area contributed by atoms with E-state index in [1.165, 1.54) is 26.4 Å². The van der Waals surface area contributed by atoms with E-state index in [1.54, 1.807) is 26.4 Å². The first-order valence-electron chi connectivity index (χ1n) is 9.58. The lowest BCUT2D eigenvalue weighted by Gasteiger charge is -2.12. The van der Waals surface area contributed by atoms with Gasteiger partial charge in [-0.2, -0.15) is 0 Å². The molecular formula is C21H41ClO9S. The van der Waals surface area contributed by atoms with E-state index in [-0.39, 0.29) is 31.5 Å². The van der Waals surface area contributed by atoms with Gasteiger partial charge in [-0.15, -0.1) is 0 Å². The molecule has 0 amide bonds. The maximum absolute atomic E-state index is 10.7. The van der Waals surface area contributed by atoms with Crippen molar-refractivity contribution in [3.05, 3.63) is 29.8 Å². The molecule has 0 aromatic heterocycles. The average molecular weight is 505 g/mol. The Labute approximate surface area is 198 Å². The predicted octanol–water partition coefficient (Wildman–Crippen LogP) is 3.20. The summed E-state index contributed by atoms with van der Waals surface area (Å²) in [5, 5.41) is 8.32. The Morgan fingerprint density at radius 3 is 1.59 bits per heavy atom. The largest absolute Gasteiger partial charge is 0.394 e. The normalized spacial score (nSPS) is 10.7. The number of aryl methyl sites for hydroxylation is 1. The van der Waals surface area contributed by atoms with Gasteiger partial charge in [-0.3, -0.25) is 0 Å². The van der Waals surface area contributed by atoms with Crippen molar-refractivity contribution in [1.29, 1.82) is 0 Å². The molecule has 0 fully saturated rings. The highest BCUT2D eigenvalue weighted by Crippen LogP contribution is 2.14. The van der Waals surface area contributed by atoms with E-state index in [0.29, 0.717) is 19.8 Å². The first-order chi connectivity index (χ1) is 14.7. The van der Waals surface area contributed by atoms with Crippen LogP contribution in [0.15, 0.2) is 29.2 Å². The molecule has 0 spiro atoms. The van der Waals surface area contributed by atoms with E-state index in [4.69, 9.17) is 44.2 Å². The monoisotopic (exact) mass is 504 g/mol. The second kappa shape index (κ2) is 23.3. The minimum absolute atomic E-state index is 0. The van der Waals surface area contributed by atoms with Crippen LogP contribution in [0.5, 0.6) is 0 Å². The van der Waals surface area contributed by atoms with Crippen molar-refractivity contribution in [3.63, 3.8) is 0 Å². The zero-order valence-corrected chi connectivity index (χ0v) is 20.8. The Bertz CT molecular complexity index is 586. The number of hydrogen-bond acceptors (Lipinski definition) is 9. The Balaban J connectivity index is -0.000000389. The van der Waals surface area contributed by atoms with E-state index in [1.807, 2.05) is 6.92 Å². The minimum Gasteiger partial charge on any atom is -0.394 e. The van der Waals surface area contributed by atoms with Gasteiger partial charge >= 0.3 is 0 Å². The van der Waals surface area contributed by atoms with Crippen molar-refractivity contribution < 1.29 is 41.9 Å². The Hall–Kier alpha value is -0.820. The molecule has 1 aromatic rings. The lowest BCUT2D eigenvalue weighted by molar-refractivity contribution is -0.141. The predicted molar refractivity (Wildman–Crippen MR) is 126 cm³/mol. The van der Waals surface area contributed by atoms with E-state index in [9.17, 15) is 8.42 Å². The van der Waals surface area contributed by atoms with Gasteiger partial charge in [0.25, 0.3) is 9.05 Å². The fourth-order valence-corrected chi connectivity index (χ4v) is 2.50. The van der Waals surface area contributed by atoms with Crippen molar-refractivity contribution in [2.75, 3.05) is 61.5 Å². The molecule has 0 radical (unpaired) electrons. The number of methoxy groups -OCH3 is 4. The summed E-state index contributed by atoms with van der Waals surface area (Å²) < 4.78 is 51.0. The van der Waals surface area contributed by atoms with Crippen molar-refractivity contribution in [2.24, 2.45) is 0 Å². The number of halogens is 1. The fourth-order valence-electron chi connectivity index (χ4n) is 1.73. The second-order valence-corrected chi connectivity index (χ2v) is 8.49. The summed E-state index contributed by atoms with van der Waals surface area (Å²) in [5.74, 6) is 0. The molecule has 32 heavy (non-hydrogen) atoms. The summed E-state index contributed by atoms with van der Waals surface area (Å²) in [7, 11) is 7.81.